The van der Waals surface area contributed by atoms with Gasteiger partial charge < -0.3 is 4.98 Å². The monoisotopic (exact) mass is 423 g/mol. The topological polar surface area (TPSA) is 110 Å². The van der Waals surface area contributed by atoms with Crippen LogP contribution in [-0.2, 0) is 6.54 Å². The summed E-state index contributed by atoms with van der Waals surface area (Å²) < 4.78 is 4.96. The van der Waals surface area contributed by atoms with Crippen molar-refractivity contribution in [3.63, 3.8) is 0 Å². The van der Waals surface area contributed by atoms with E-state index in [1.165, 1.54) is 10.9 Å². The molecule has 0 aliphatic carbocycles. The average molecular weight is 423 g/mol. The smallest absolute Gasteiger partial charge is 0.125 e. The van der Waals surface area contributed by atoms with Crippen molar-refractivity contribution in [2.75, 3.05) is 6.54 Å². The van der Waals surface area contributed by atoms with E-state index in [0.717, 1.165) is 65.1 Å². The number of benzene rings is 2. The Bertz CT molecular complexity index is 1490. The van der Waals surface area contributed by atoms with Gasteiger partial charge in [0.1, 0.15) is 17.1 Å². The Hall–Kier alpha value is -3.96. The molecule has 0 spiro atoms. The maximum absolute atomic E-state index is 9.15. The number of aromatic amines is 2. The number of aromatic nitrogens is 5. The Labute approximate surface area is 183 Å². The van der Waals surface area contributed by atoms with Crippen LogP contribution in [0.5, 0.6) is 0 Å². The van der Waals surface area contributed by atoms with E-state index < -0.39 is 0 Å². The predicted molar refractivity (Wildman–Crippen MR) is 120 cm³/mol. The van der Waals surface area contributed by atoms with Crippen LogP contribution >= 0.6 is 0 Å². The molecule has 0 radical (unpaired) electrons. The molecule has 8 nitrogen and oxygen atoms in total. The lowest BCUT2D eigenvalue weighted by molar-refractivity contribution is 0.232. The predicted octanol–water partition coefficient (Wildman–Crippen LogP) is 4.61. The summed E-state index contributed by atoms with van der Waals surface area (Å²) in [5.41, 5.74) is 7.44. The number of nitrogens with zero attached hydrogens (tertiary/aromatic N) is 5. The number of hydrogen-bond acceptors (Lipinski definition) is 6. The molecule has 2 N–H and O–H groups in total. The fourth-order valence-electron chi connectivity index (χ4n) is 4.86. The van der Waals surface area contributed by atoms with Crippen molar-refractivity contribution in [2.24, 2.45) is 0 Å². The second-order valence-corrected chi connectivity index (χ2v) is 8.37. The maximum atomic E-state index is 9.15. The highest BCUT2D eigenvalue weighted by atomic mass is 16.6. The van der Waals surface area contributed by atoms with E-state index in [4.69, 9.17) is 9.89 Å². The number of fused-ring (bicyclic) bond motifs is 2. The van der Waals surface area contributed by atoms with Crippen molar-refractivity contribution < 1.29 is 4.63 Å². The number of H-pyrrole nitrogens is 2. The first kappa shape index (κ1) is 18.8. The van der Waals surface area contributed by atoms with Crippen molar-refractivity contribution in [3.05, 3.63) is 65.0 Å². The van der Waals surface area contributed by atoms with Gasteiger partial charge in [0.05, 0.1) is 28.9 Å². The third-order valence-electron chi connectivity index (χ3n) is 6.44. The Kier molecular flexibility index (Phi) is 4.30. The van der Waals surface area contributed by atoms with Gasteiger partial charge >= 0.3 is 0 Å². The standard InChI is InChI=1S/C24H21N7O/c1-14-23(30-32-29-14)22-6-3-9-31(22)13-16-4-2-5-19-18(16)11-21(26-19)24-17-8-7-15(12-25)10-20(17)27-28-24/h2,4-5,7-8,10-11,22,26H,3,6,9,13H2,1H3,(H,27,28). The largest absolute Gasteiger partial charge is 0.353 e. The third-order valence-corrected chi connectivity index (χ3v) is 6.44. The van der Waals surface area contributed by atoms with Crippen molar-refractivity contribution in [2.45, 2.75) is 32.4 Å². The molecule has 5 aromatic rings. The molecule has 1 unspecified atom stereocenters. The number of rotatable bonds is 4. The van der Waals surface area contributed by atoms with Crippen LogP contribution < -0.4 is 0 Å². The molecular formula is C24H21N7O. The first-order valence-corrected chi connectivity index (χ1v) is 10.7. The molecule has 158 valence electrons. The van der Waals surface area contributed by atoms with Gasteiger partial charge in [0, 0.05) is 22.8 Å². The van der Waals surface area contributed by atoms with Crippen LogP contribution in [-0.4, -0.2) is 36.9 Å². The highest BCUT2D eigenvalue weighted by Gasteiger charge is 2.30. The number of nitriles is 1. The van der Waals surface area contributed by atoms with Crippen molar-refractivity contribution in [1.29, 1.82) is 5.26 Å². The van der Waals surface area contributed by atoms with Crippen LogP contribution in [0.25, 0.3) is 33.2 Å². The number of likely N-dealkylation sites (tertiary alicyclic amines) is 1. The van der Waals surface area contributed by atoms with Gasteiger partial charge in [-0.15, -0.1) is 0 Å². The zero-order valence-electron chi connectivity index (χ0n) is 17.6. The van der Waals surface area contributed by atoms with E-state index in [1.807, 2.05) is 25.1 Å². The van der Waals surface area contributed by atoms with Crippen LogP contribution in [0.15, 0.2) is 47.1 Å². The molecule has 0 saturated carbocycles. The summed E-state index contributed by atoms with van der Waals surface area (Å²) in [6.45, 7) is 3.81. The molecule has 8 heteroatoms. The van der Waals surface area contributed by atoms with E-state index in [2.05, 4.69) is 60.7 Å². The van der Waals surface area contributed by atoms with Gasteiger partial charge in [-0.3, -0.25) is 10.00 Å². The SMILES string of the molecule is Cc1nonc1C1CCCN1Cc1cccc2[nH]c(-c3n[nH]c4cc(C#N)ccc34)cc12. The molecule has 3 aromatic heterocycles. The van der Waals surface area contributed by atoms with E-state index in [0.29, 0.717) is 5.56 Å². The molecule has 1 saturated heterocycles. The summed E-state index contributed by atoms with van der Waals surface area (Å²) in [6.07, 6.45) is 2.20. The highest BCUT2D eigenvalue weighted by Crippen LogP contribution is 2.35. The maximum Gasteiger partial charge on any atom is 0.125 e. The molecular weight excluding hydrogens is 402 g/mol. The van der Waals surface area contributed by atoms with Crippen molar-refractivity contribution in [1.82, 2.24) is 30.4 Å². The highest BCUT2D eigenvalue weighted by molar-refractivity contribution is 5.96. The Morgan fingerprint density at radius 2 is 2.09 bits per heavy atom. The average Bonchev–Trinajstić information content (AvgIpc) is 3.59. The fourth-order valence-corrected chi connectivity index (χ4v) is 4.86. The van der Waals surface area contributed by atoms with Crippen LogP contribution in [0.4, 0.5) is 0 Å². The molecule has 0 amide bonds. The lowest BCUT2D eigenvalue weighted by Crippen LogP contribution is -2.23. The molecule has 4 heterocycles. The number of nitrogens with one attached hydrogen (secondary N) is 2. The van der Waals surface area contributed by atoms with Gasteiger partial charge in [-0.25, -0.2) is 4.63 Å². The fraction of sp³-hybridized carbons (Fsp3) is 0.250. The normalized spacial score (nSPS) is 16.8. The summed E-state index contributed by atoms with van der Waals surface area (Å²) >= 11 is 0. The molecule has 2 aromatic carbocycles. The quantitative estimate of drug-likeness (QED) is 0.437. The zero-order chi connectivity index (χ0) is 21.7. The van der Waals surface area contributed by atoms with Gasteiger partial charge in [0.15, 0.2) is 0 Å². The van der Waals surface area contributed by atoms with E-state index in [1.54, 1.807) is 0 Å². The van der Waals surface area contributed by atoms with E-state index in [-0.39, 0.29) is 6.04 Å². The Morgan fingerprint density at radius 3 is 2.94 bits per heavy atom. The second-order valence-electron chi connectivity index (χ2n) is 8.37. The zero-order valence-corrected chi connectivity index (χ0v) is 17.6. The van der Waals surface area contributed by atoms with Crippen LogP contribution in [0.1, 0.15) is 41.4 Å². The number of aryl methyl sites for hydroxylation is 1. The van der Waals surface area contributed by atoms with Gasteiger partial charge in [0.25, 0.3) is 0 Å². The Morgan fingerprint density at radius 1 is 1.16 bits per heavy atom. The first-order valence-electron chi connectivity index (χ1n) is 10.7. The minimum atomic E-state index is 0.236. The molecule has 1 aliphatic heterocycles. The summed E-state index contributed by atoms with van der Waals surface area (Å²) in [6, 6.07) is 16.6. The minimum absolute atomic E-state index is 0.236. The van der Waals surface area contributed by atoms with Crippen molar-refractivity contribution >= 4 is 21.8 Å². The van der Waals surface area contributed by atoms with E-state index >= 15 is 0 Å². The minimum Gasteiger partial charge on any atom is -0.353 e. The third kappa shape index (κ3) is 2.98. The molecule has 1 aliphatic rings. The summed E-state index contributed by atoms with van der Waals surface area (Å²) in [7, 11) is 0. The van der Waals surface area contributed by atoms with Crippen LogP contribution in [0.3, 0.4) is 0 Å². The lowest BCUT2D eigenvalue weighted by Gasteiger charge is -2.23. The Balaban J connectivity index is 1.37. The van der Waals surface area contributed by atoms with Crippen molar-refractivity contribution in [3.8, 4) is 17.5 Å². The summed E-state index contributed by atoms with van der Waals surface area (Å²) in [5, 5.41) is 27.0. The summed E-state index contributed by atoms with van der Waals surface area (Å²) in [5.74, 6) is 0. The molecule has 1 atom stereocenters. The van der Waals surface area contributed by atoms with Gasteiger partial charge in [0.2, 0.25) is 0 Å². The molecule has 32 heavy (non-hydrogen) atoms. The first-order chi connectivity index (χ1) is 15.7. The van der Waals surface area contributed by atoms with E-state index in [9.17, 15) is 0 Å². The van der Waals surface area contributed by atoms with Gasteiger partial charge in [-0.2, -0.15) is 10.4 Å². The molecule has 6 rings (SSSR count). The molecule has 0 bridgehead atoms. The van der Waals surface area contributed by atoms with Crippen LogP contribution in [0, 0.1) is 18.3 Å². The van der Waals surface area contributed by atoms with Gasteiger partial charge in [-0.05, 0) is 62.2 Å². The van der Waals surface area contributed by atoms with Crippen LogP contribution in [0.2, 0.25) is 0 Å². The lowest BCUT2D eigenvalue weighted by atomic mass is 10.1. The second kappa shape index (κ2) is 7.32. The summed E-state index contributed by atoms with van der Waals surface area (Å²) in [4.78, 5) is 5.99. The number of hydrogen-bond donors (Lipinski definition) is 2. The molecule has 1 fully saturated rings. The van der Waals surface area contributed by atoms with Gasteiger partial charge in [-0.1, -0.05) is 22.4 Å².